The van der Waals surface area contributed by atoms with Crippen molar-refractivity contribution in [2.75, 3.05) is 0 Å². The van der Waals surface area contributed by atoms with E-state index in [1.54, 1.807) is 0 Å². The van der Waals surface area contributed by atoms with Crippen molar-refractivity contribution in [2.24, 2.45) is 5.92 Å². The van der Waals surface area contributed by atoms with Crippen LogP contribution in [0.3, 0.4) is 0 Å². The maximum Gasteiger partial charge on any atom is 0.0702 e. The second-order valence-electron chi connectivity index (χ2n) is 13.6. The summed E-state index contributed by atoms with van der Waals surface area (Å²) >= 11 is 0. The van der Waals surface area contributed by atoms with Crippen molar-refractivity contribution >= 4 is 16.3 Å². The molecule has 0 N–H and O–H groups in total. The lowest BCUT2D eigenvalue weighted by Crippen LogP contribution is -2.26. The zero-order chi connectivity index (χ0) is 31.0. The molecule has 5 aromatic carbocycles. The van der Waals surface area contributed by atoms with Crippen LogP contribution in [0, 0.1) is 5.92 Å². The van der Waals surface area contributed by atoms with E-state index in [4.69, 9.17) is 0 Å². The summed E-state index contributed by atoms with van der Waals surface area (Å²) in [6.07, 6.45) is 18.6. The SMILES string of the molecule is C1=CC2=CC=C(c3ccc4c(c3)C3(Cc5ccc(-c6ccccn6)cc5C3)c3cc(-c5ccc6ccccc6c5)ccc3-4)CC2C=C1. The van der Waals surface area contributed by atoms with Crippen LogP contribution in [-0.2, 0) is 18.3 Å². The maximum absolute atomic E-state index is 4.67. The van der Waals surface area contributed by atoms with E-state index in [0.29, 0.717) is 5.92 Å². The Morgan fingerprint density at radius 3 is 2.19 bits per heavy atom. The lowest BCUT2D eigenvalue weighted by atomic mass is 9.74. The van der Waals surface area contributed by atoms with Gasteiger partial charge in [-0.05, 0) is 128 Å². The highest BCUT2D eigenvalue weighted by Crippen LogP contribution is 2.57. The van der Waals surface area contributed by atoms with Crippen molar-refractivity contribution in [3.05, 3.63) is 191 Å². The predicted molar refractivity (Wildman–Crippen MR) is 195 cm³/mol. The molecule has 4 aliphatic rings. The molecule has 4 aliphatic carbocycles. The Morgan fingerprint density at radius 1 is 0.574 bits per heavy atom. The number of allylic oxidation sites excluding steroid dienone is 8. The molecule has 222 valence electrons. The molecule has 47 heavy (non-hydrogen) atoms. The zero-order valence-corrected chi connectivity index (χ0v) is 26.2. The summed E-state index contributed by atoms with van der Waals surface area (Å²) in [4.78, 5) is 4.67. The number of hydrogen-bond donors (Lipinski definition) is 0. The number of benzene rings is 5. The number of hydrogen-bond acceptors (Lipinski definition) is 1. The third-order valence-electron chi connectivity index (χ3n) is 11.1. The molecule has 0 aliphatic heterocycles. The van der Waals surface area contributed by atoms with Crippen LogP contribution in [0.5, 0.6) is 0 Å². The van der Waals surface area contributed by atoms with E-state index >= 15 is 0 Å². The molecule has 0 saturated carbocycles. The lowest BCUT2D eigenvalue weighted by Gasteiger charge is -2.28. The summed E-state index contributed by atoms with van der Waals surface area (Å²) in [5.41, 5.74) is 17.5. The van der Waals surface area contributed by atoms with Gasteiger partial charge in [0.2, 0.25) is 0 Å². The van der Waals surface area contributed by atoms with Crippen LogP contribution in [0.2, 0.25) is 0 Å². The molecule has 1 nitrogen and oxygen atoms in total. The Kier molecular flexibility index (Phi) is 5.81. The Morgan fingerprint density at radius 2 is 1.32 bits per heavy atom. The lowest BCUT2D eigenvalue weighted by molar-refractivity contribution is 0.563. The minimum absolute atomic E-state index is 0.109. The van der Waals surface area contributed by atoms with Crippen LogP contribution in [-0.4, -0.2) is 4.98 Å². The van der Waals surface area contributed by atoms with Gasteiger partial charge in [0.05, 0.1) is 5.69 Å². The monoisotopic (exact) mass is 599 g/mol. The van der Waals surface area contributed by atoms with E-state index in [-0.39, 0.29) is 5.41 Å². The number of fused-ring (bicyclic) bond motifs is 8. The first-order valence-corrected chi connectivity index (χ1v) is 16.8. The van der Waals surface area contributed by atoms with Gasteiger partial charge in [0, 0.05) is 23.1 Å². The van der Waals surface area contributed by atoms with Gasteiger partial charge in [-0.15, -0.1) is 0 Å². The molecular weight excluding hydrogens is 567 g/mol. The van der Waals surface area contributed by atoms with Gasteiger partial charge < -0.3 is 0 Å². The van der Waals surface area contributed by atoms with Crippen molar-refractivity contribution in [1.82, 2.24) is 4.98 Å². The third-order valence-corrected chi connectivity index (χ3v) is 11.1. The highest BCUT2D eigenvalue weighted by atomic mass is 14.7. The van der Waals surface area contributed by atoms with E-state index in [1.807, 2.05) is 12.3 Å². The molecule has 1 heterocycles. The Hall–Kier alpha value is -5.53. The van der Waals surface area contributed by atoms with Crippen LogP contribution < -0.4 is 0 Å². The smallest absolute Gasteiger partial charge is 0.0702 e. The van der Waals surface area contributed by atoms with Crippen LogP contribution in [0.15, 0.2) is 163 Å². The molecule has 1 spiro atoms. The number of nitrogens with zero attached hydrogens (tertiary/aromatic N) is 1. The fourth-order valence-electron chi connectivity index (χ4n) is 8.67. The summed E-state index contributed by atoms with van der Waals surface area (Å²) in [7, 11) is 0. The molecular formula is C46H33N. The molecule has 6 aromatic rings. The van der Waals surface area contributed by atoms with Gasteiger partial charge in [-0.3, -0.25) is 4.98 Å². The van der Waals surface area contributed by atoms with Gasteiger partial charge in [0.1, 0.15) is 0 Å². The van der Waals surface area contributed by atoms with Crippen molar-refractivity contribution in [3.63, 3.8) is 0 Å². The second-order valence-corrected chi connectivity index (χ2v) is 13.6. The topological polar surface area (TPSA) is 12.9 Å². The average Bonchev–Trinajstić information content (AvgIpc) is 3.66. The maximum atomic E-state index is 4.67. The Bertz CT molecular complexity index is 2380. The van der Waals surface area contributed by atoms with Gasteiger partial charge in [0.15, 0.2) is 0 Å². The molecule has 0 radical (unpaired) electrons. The Balaban J connectivity index is 1.12. The third kappa shape index (κ3) is 4.20. The Labute approximate surface area is 276 Å². The first kappa shape index (κ1) is 26.7. The molecule has 0 fully saturated rings. The first-order chi connectivity index (χ1) is 23.2. The van der Waals surface area contributed by atoms with Crippen LogP contribution in [0.4, 0.5) is 0 Å². The highest BCUT2D eigenvalue weighted by molar-refractivity contribution is 5.90. The number of aromatic nitrogens is 1. The molecule has 2 unspecified atom stereocenters. The molecule has 1 heteroatoms. The van der Waals surface area contributed by atoms with Crippen molar-refractivity contribution in [2.45, 2.75) is 24.7 Å². The minimum Gasteiger partial charge on any atom is -0.256 e. The van der Waals surface area contributed by atoms with Crippen LogP contribution >= 0.6 is 0 Å². The quantitative estimate of drug-likeness (QED) is 0.197. The second kappa shape index (κ2) is 10.2. The largest absolute Gasteiger partial charge is 0.256 e. The molecule has 0 saturated heterocycles. The zero-order valence-electron chi connectivity index (χ0n) is 26.2. The van der Waals surface area contributed by atoms with E-state index in [0.717, 1.165) is 25.0 Å². The number of rotatable bonds is 3. The van der Waals surface area contributed by atoms with Gasteiger partial charge in [-0.25, -0.2) is 0 Å². The summed E-state index contributed by atoms with van der Waals surface area (Å²) in [6, 6.07) is 43.3. The van der Waals surface area contributed by atoms with Gasteiger partial charge in [-0.2, -0.15) is 0 Å². The standard InChI is InChI=1S/C46H33N/c1-3-9-32-23-34(14-12-30(32)7-1)36-18-20-41-42-21-19-37(35-15-13-31-8-2-4-10-33(31)24-35)27-44(42)46(43(41)26-36)28-39-17-16-38(25-40(39)29-46)45-11-5-6-22-47-45/h1-23,25-27,33H,24,28-29H2. The van der Waals surface area contributed by atoms with Gasteiger partial charge in [-0.1, -0.05) is 115 Å². The minimum atomic E-state index is -0.109. The van der Waals surface area contributed by atoms with Crippen LogP contribution in [0.1, 0.15) is 34.2 Å². The van der Waals surface area contributed by atoms with Gasteiger partial charge in [0.25, 0.3) is 0 Å². The normalized spacial score (nSPS) is 20.0. The van der Waals surface area contributed by atoms with Gasteiger partial charge >= 0.3 is 0 Å². The van der Waals surface area contributed by atoms with Crippen LogP contribution in [0.25, 0.3) is 49.9 Å². The highest BCUT2D eigenvalue weighted by Gasteiger charge is 2.47. The van der Waals surface area contributed by atoms with Crippen molar-refractivity contribution < 1.29 is 0 Å². The predicted octanol–water partition coefficient (Wildman–Crippen LogP) is 11.1. The summed E-state index contributed by atoms with van der Waals surface area (Å²) in [5, 5.41) is 2.56. The number of pyridine rings is 1. The van der Waals surface area contributed by atoms with E-state index in [9.17, 15) is 0 Å². The fraction of sp³-hybridized carbons (Fsp3) is 0.109. The summed E-state index contributed by atoms with van der Waals surface area (Å²) in [6.45, 7) is 0. The molecule has 2 atom stereocenters. The summed E-state index contributed by atoms with van der Waals surface area (Å²) in [5.74, 6) is 0.463. The first-order valence-electron chi connectivity index (χ1n) is 16.8. The fourth-order valence-corrected chi connectivity index (χ4v) is 8.67. The van der Waals surface area contributed by atoms with Crippen molar-refractivity contribution in [1.29, 1.82) is 0 Å². The van der Waals surface area contributed by atoms with E-state index < -0.39 is 0 Å². The molecule has 0 bridgehead atoms. The summed E-state index contributed by atoms with van der Waals surface area (Å²) < 4.78 is 0. The molecule has 1 aromatic heterocycles. The van der Waals surface area contributed by atoms with E-state index in [2.05, 4.69) is 151 Å². The molecule has 0 amide bonds. The van der Waals surface area contributed by atoms with Crippen molar-refractivity contribution in [3.8, 4) is 33.5 Å². The van der Waals surface area contributed by atoms with E-state index in [1.165, 1.54) is 77.6 Å². The average molecular weight is 600 g/mol. The molecule has 10 rings (SSSR count).